The van der Waals surface area contributed by atoms with E-state index in [9.17, 15) is 4.79 Å². The Morgan fingerprint density at radius 1 is 1.32 bits per heavy atom. The van der Waals surface area contributed by atoms with Gasteiger partial charge in [0.2, 0.25) is 0 Å². The van der Waals surface area contributed by atoms with Crippen molar-refractivity contribution in [3.8, 4) is 5.75 Å². The molecule has 2 aromatic rings. The molecule has 5 heteroatoms. The summed E-state index contributed by atoms with van der Waals surface area (Å²) < 4.78 is 5.55. The standard InChI is InChI=1S/C14H16N2O2S/c1-9-11(3)19-14(15-9)16-13(17)10(2)18-12-7-5-4-6-8-12/h4-8,10H,1-3H3,(H,15,16,17). The molecule has 1 aromatic carbocycles. The molecule has 2 rings (SSSR count). The first-order valence-corrected chi connectivity index (χ1v) is 6.84. The monoisotopic (exact) mass is 276 g/mol. The number of aryl methyl sites for hydroxylation is 2. The topological polar surface area (TPSA) is 51.2 Å². The summed E-state index contributed by atoms with van der Waals surface area (Å²) in [6.07, 6.45) is -0.563. The highest BCUT2D eigenvalue weighted by Gasteiger charge is 2.16. The number of carbonyl (C=O) groups excluding carboxylic acids is 1. The van der Waals surface area contributed by atoms with Gasteiger partial charge in [0, 0.05) is 4.88 Å². The summed E-state index contributed by atoms with van der Waals surface area (Å²) in [4.78, 5) is 17.3. The third-order valence-electron chi connectivity index (χ3n) is 2.68. The zero-order valence-electron chi connectivity index (χ0n) is 11.1. The molecule has 0 saturated carbocycles. The van der Waals surface area contributed by atoms with Crippen molar-refractivity contribution in [1.29, 1.82) is 0 Å². The van der Waals surface area contributed by atoms with Gasteiger partial charge in [0.15, 0.2) is 11.2 Å². The van der Waals surface area contributed by atoms with E-state index in [1.165, 1.54) is 11.3 Å². The van der Waals surface area contributed by atoms with E-state index in [1.54, 1.807) is 6.92 Å². The molecule has 1 atom stereocenters. The minimum atomic E-state index is -0.563. The summed E-state index contributed by atoms with van der Waals surface area (Å²) >= 11 is 1.47. The van der Waals surface area contributed by atoms with Crippen LogP contribution in [0.4, 0.5) is 5.13 Å². The molecular formula is C14H16N2O2S. The highest BCUT2D eigenvalue weighted by Crippen LogP contribution is 2.21. The fourth-order valence-electron chi connectivity index (χ4n) is 1.49. The van der Waals surface area contributed by atoms with Gasteiger partial charge in [-0.15, -0.1) is 11.3 Å². The molecule has 0 aliphatic rings. The van der Waals surface area contributed by atoms with Crippen molar-refractivity contribution in [2.24, 2.45) is 0 Å². The Balaban J connectivity index is 1.96. The molecule has 0 radical (unpaired) electrons. The van der Waals surface area contributed by atoms with Gasteiger partial charge in [0.1, 0.15) is 5.75 Å². The van der Waals surface area contributed by atoms with E-state index in [0.717, 1.165) is 10.6 Å². The number of nitrogens with zero attached hydrogens (tertiary/aromatic N) is 1. The van der Waals surface area contributed by atoms with Crippen LogP contribution in [-0.2, 0) is 4.79 Å². The molecule has 0 aliphatic carbocycles. The molecule has 1 N–H and O–H groups in total. The molecule has 0 fully saturated rings. The second-order valence-corrected chi connectivity index (χ2v) is 5.43. The number of rotatable bonds is 4. The maximum absolute atomic E-state index is 12.0. The predicted octanol–water partition coefficient (Wildman–Crippen LogP) is 3.17. The lowest BCUT2D eigenvalue weighted by atomic mass is 10.3. The van der Waals surface area contributed by atoms with E-state index in [4.69, 9.17) is 4.74 Å². The molecule has 1 unspecified atom stereocenters. The van der Waals surface area contributed by atoms with Crippen molar-refractivity contribution >= 4 is 22.4 Å². The number of carbonyl (C=O) groups is 1. The SMILES string of the molecule is Cc1nc(NC(=O)C(C)Oc2ccccc2)sc1C. The molecule has 0 saturated heterocycles. The number of nitrogens with one attached hydrogen (secondary N) is 1. The molecule has 4 nitrogen and oxygen atoms in total. The second-order valence-electron chi connectivity index (χ2n) is 4.22. The zero-order valence-corrected chi connectivity index (χ0v) is 12.0. The number of para-hydroxylation sites is 1. The Bertz CT molecular complexity index is 547. The third kappa shape index (κ3) is 3.54. The first-order valence-electron chi connectivity index (χ1n) is 6.03. The predicted molar refractivity (Wildman–Crippen MR) is 76.7 cm³/mol. The smallest absolute Gasteiger partial charge is 0.266 e. The van der Waals surface area contributed by atoms with Crippen LogP contribution in [0.3, 0.4) is 0 Å². The van der Waals surface area contributed by atoms with Gasteiger partial charge in [0.25, 0.3) is 5.91 Å². The minimum Gasteiger partial charge on any atom is -0.481 e. The molecule has 0 bridgehead atoms. The van der Waals surface area contributed by atoms with Gasteiger partial charge in [-0.3, -0.25) is 10.1 Å². The first-order chi connectivity index (χ1) is 9.06. The van der Waals surface area contributed by atoms with Gasteiger partial charge < -0.3 is 4.74 Å². The van der Waals surface area contributed by atoms with Crippen molar-refractivity contribution in [2.75, 3.05) is 5.32 Å². The normalized spacial score (nSPS) is 11.9. The van der Waals surface area contributed by atoms with Gasteiger partial charge in [-0.2, -0.15) is 0 Å². The van der Waals surface area contributed by atoms with Crippen LogP contribution >= 0.6 is 11.3 Å². The lowest BCUT2D eigenvalue weighted by molar-refractivity contribution is -0.122. The van der Waals surface area contributed by atoms with Crippen LogP contribution in [-0.4, -0.2) is 17.0 Å². The van der Waals surface area contributed by atoms with Crippen molar-refractivity contribution in [3.63, 3.8) is 0 Å². The number of hydrogen-bond donors (Lipinski definition) is 1. The minimum absolute atomic E-state index is 0.197. The number of ether oxygens (including phenoxy) is 1. The van der Waals surface area contributed by atoms with Crippen molar-refractivity contribution in [3.05, 3.63) is 40.9 Å². The summed E-state index contributed by atoms with van der Waals surface area (Å²) in [5.74, 6) is 0.481. The molecule has 0 aliphatic heterocycles. The summed E-state index contributed by atoms with van der Waals surface area (Å²) in [7, 11) is 0. The highest BCUT2D eigenvalue weighted by atomic mass is 32.1. The molecule has 1 heterocycles. The van der Waals surface area contributed by atoms with Crippen LogP contribution in [0, 0.1) is 13.8 Å². The Morgan fingerprint density at radius 3 is 2.58 bits per heavy atom. The average molecular weight is 276 g/mol. The number of hydrogen-bond acceptors (Lipinski definition) is 4. The molecule has 100 valence electrons. The zero-order chi connectivity index (χ0) is 13.8. The molecule has 19 heavy (non-hydrogen) atoms. The number of benzene rings is 1. The lowest BCUT2D eigenvalue weighted by Crippen LogP contribution is -2.30. The molecule has 1 aromatic heterocycles. The second kappa shape index (κ2) is 5.84. The van der Waals surface area contributed by atoms with Crippen LogP contribution in [0.5, 0.6) is 5.75 Å². The van der Waals surface area contributed by atoms with Gasteiger partial charge in [-0.25, -0.2) is 4.98 Å². The third-order valence-corrected chi connectivity index (χ3v) is 3.67. The Hall–Kier alpha value is -1.88. The lowest BCUT2D eigenvalue weighted by Gasteiger charge is -2.13. The van der Waals surface area contributed by atoms with E-state index in [-0.39, 0.29) is 5.91 Å². The van der Waals surface area contributed by atoms with E-state index in [0.29, 0.717) is 10.9 Å². The van der Waals surface area contributed by atoms with Crippen LogP contribution in [0.1, 0.15) is 17.5 Å². The Kier molecular flexibility index (Phi) is 4.16. The summed E-state index contributed by atoms with van der Waals surface area (Å²) in [6.45, 7) is 5.62. The van der Waals surface area contributed by atoms with Crippen LogP contribution in [0.25, 0.3) is 0 Å². The first kappa shape index (κ1) is 13.5. The van der Waals surface area contributed by atoms with E-state index < -0.39 is 6.10 Å². The van der Waals surface area contributed by atoms with Gasteiger partial charge in [0.05, 0.1) is 5.69 Å². The Morgan fingerprint density at radius 2 is 2.00 bits per heavy atom. The number of thiazole rings is 1. The van der Waals surface area contributed by atoms with Crippen molar-refractivity contribution in [2.45, 2.75) is 26.9 Å². The van der Waals surface area contributed by atoms with Gasteiger partial charge in [-0.1, -0.05) is 18.2 Å². The van der Waals surface area contributed by atoms with Gasteiger partial charge in [-0.05, 0) is 32.9 Å². The maximum Gasteiger partial charge on any atom is 0.266 e. The number of amides is 1. The summed E-state index contributed by atoms with van der Waals surface area (Å²) in [5, 5.41) is 3.38. The largest absolute Gasteiger partial charge is 0.481 e. The quantitative estimate of drug-likeness (QED) is 0.933. The van der Waals surface area contributed by atoms with Crippen molar-refractivity contribution in [1.82, 2.24) is 4.98 Å². The fourth-order valence-corrected chi connectivity index (χ4v) is 2.31. The number of anilines is 1. The fraction of sp³-hybridized carbons (Fsp3) is 0.286. The molecule has 0 spiro atoms. The summed E-state index contributed by atoms with van der Waals surface area (Å²) in [6, 6.07) is 9.28. The van der Waals surface area contributed by atoms with Crippen LogP contribution in [0.2, 0.25) is 0 Å². The Labute approximate surface area is 116 Å². The van der Waals surface area contributed by atoms with E-state index >= 15 is 0 Å². The summed E-state index contributed by atoms with van der Waals surface area (Å²) in [5.41, 5.74) is 0.942. The van der Waals surface area contributed by atoms with Crippen molar-refractivity contribution < 1.29 is 9.53 Å². The maximum atomic E-state index is 12.0. The average Bonchev–Trinajstić information content (AvgIpc) is 2.69. The van der Waals surface area contributed by atoms with Gasteiger partial charge >= 0.3 is 0 Å². The van der Waals surface area contributed by atoms with E-state index in [2.05, 4.69) is 10.3 Å². The highest BCUT2D eigenvalue weighted by molar-refractivity contribution is 7.15. The van der Waals surface area contributed by atoms with E-state index in [1.807, 2.05) is 44.2 Å². The number of aromatic nitrogens is 1. The van der Waals surface area contributed by atoms with Crippen LogP contribution < -0.4 is 10.1 Å². The molecule has 1 amide bonds. The molecular weight excluding hydrogens is 260 g/mol. The van der Waals surface area contributed by atoms with Crippen LogP contribution in [0.15, 0.2) is 30.3 Å².